The molecule has 0 aromatic carbocycles. The van der Waals surface area contributed by atoms with E-state index in [4.69, 9.17) is 0 Å². The van der Waals surface area contributed by atoms with Crippen molar-refractivity contribution in [2.45, 2.75) is 297 Å². The Kier molecular flexibility index (Phi) is 45.2. The fraction of sp³-hybridized carbons (Fsp3) is 1.00. The Morgan fingerprint density at radius 1 is 0.176 bits per heavy atom. The molecule has 0 aromatic heterocycles. The van der Waals surface area contributed by atoms with E-state index < -0.39 is 7.26 Å². The zero-order chi connectivity index (χ0) is 37.0. The highest BCUT2D eigenvalue weighted by Crippen LogP contribution is 2.60. The Balaban J connectivity index is 4.20. The van der Waals surface area contributed by atoms with Crippen LogP contribution in [0.2, 0.25) is 0 Å². The molecule has 0 nitrogen and oxygen atoms in total. The first-order valence-corrected chi connectivity index (χ1v) is 27.6. The molecule has 0 unspecified atom stereocenters. The minimum Gasteiger partial charge on any atom is -0.0654 e. The van der Waals surface area contributed by atoms with Gasteiger partial charge in [0.05, 0.1) is 24.6 Å². The molecule has 0 saturated heterocycles. The van der Waals surface area contributed by atoms with Crippen LogP contribution in [0.25, 0.3) is 0 Å². The predicted octanol–water partition coefficient (Wildman–Crippen LogP) is 19.5. The van der Waals surface area contributed by atoms with Crippen LogP contribution in [0.1, 0.15) is 297 Å². The van der Waals surface area contributed by atoms with Crippen LogP contribution in [0.3, 0.4) is 0 Å². The Morgan fingerprint density at radius 2 is 0.314 bits per heavy atom. The van der Waals surface area contributed by atoms with Gasteiger partial charge in [-0.1, -0.05) is 252 Å². The fourth-order valence-corrected chi connectivity index (χ4v) is 13.0. The molecule has 0 spiro atoms. The average Bonchev–Trinajstić information content (AvgIpc) is 3.14. The van der Waals surface area contributed by atoms with E-state index in [1.165, 1.54) is 250 Å². The van der Waals surface area contributed by atoms with Gasteiger partial charge in [-0.2, -0.15) is 0 Å². The number of rotatable bonds is 46. The van der Waals surface area contributed by atoms with Crippen LogP contribution in [0.5, 0.6) is 0 Å². The highest BCUT2D eigenvalue weighted by molar-refractivity contribution is 7.75. The molecule has 0 aliphatic carbocycles. The van der Waals surface area contributed by atoms with Gasteiger partial charge < -0.3 is 0 Å². The maximum Gasteiger partial charge on any atom is 0.0594 e. The summed E-state index contributed by atoms with van der Waals surface area (Å²) in [5.74, 6) is 0. The summed E-state index contributed by atoms with van der Waals surface area (Å²) >= 11 is 0. The third-order valence-corrected chi connectivity index (χ3v) is 17.8. The summed E-state index contributed by atoms with van der Waals surface area (Å²) in [6.07, 6.45) is 69.0. The van der Waals surface area contributed by atoms with Gasteiger partial charge in [0.2, 0.25) is 0 Å². The average molecular weight is 736 g/mol. The molecule has 0 rings (SSSR count). The van der Waals surface area contributed by atoms with Gasteiger partial charge in [-0.3, -0.25) is 0 Å². The fourth-order valence-electron chi connectivity index (χ4n) is 8.74. The minimum atomic E-state index is -0.731. The molecule has 0 aliphatic heterocycles. The normalized spacial score (nSPS) is 12.0. The van der Waals surface area contributed by atoms with E-state index in [-0.39, 0.29) is 0 Å². The summed E-state index contributed by atoms with van der Waals surface area (Å²) in [5, 5.41) is 0. The van der Waals surface area contributed by atoms with E-state index in [0.29, 0.717) is 0 Å². The maximum atomic E-state index is 2.60. The summed E-state index contributed by atoms with van der Waals surface area (Å²) in [6, 6.07) is 0. The van der Waals surface area contributed by atoms with Crippen molar-refractivity contribution in [1.29, 1.82) is 0 Å². The van der Waals surface area contributed by atoms with E-state index in [2.05, 4.69) is 27.7 Å². The monoisotopic (exact) mass is 736 g/mol. The van der Waals surface area contributed by atoms with Crippen LogP contribution in [-0.2, 0) is 0 Å². The van der Waals surface area contributed by atoms with Crippen LogP contribution in [0.4, 0.5) is 0 Å². The third-order valence-electron chi connectivity index (χ3n) is 12.6. The molecule has 51 heavy (non-hydrogen) atoms. The molecule has 0 atom stereocenters. The third kappa shape index (κ3) is 39.9. The van der Waals surface area contributed by atoms with Crippen molar-refractivity contribution in [3.63, 3.8) is 0 Å². The van der Waals surface area contributed by atoms with Crippen LogP contribution in [0.15, 0.2) is 0 Å². The second-order valence-corrected chi connectivity index (χ2v) is 22.3. The Bertz CT molecular complexity index is 519. The molecule has 0 saturated carbocycles. The van der Waals surface area contributed by atoms with Crippen molar-refractivity contribution >= 4 is 7.26 Å². The van der Waals surface area contributed by atoms with Gasteiger partial charge >= 0.3 is 0 Å². The van der Waals surface area contributed by atoms with E-state index in [0.717, 1.165) is 0 Å². The van der Waals surface area contributed by atoms with Crippen molar-refractivity contribution in [3.8, 4) is 0 Å². The lowest BCUT2D eigenvalue weighted by atomic mass is 10.0. The van der Waals surface area contributed by atoms with Crippen molar-refractivity contribution in [3.05, 3.63) is 0 Å². The summed E-state index contributed by atoms with van der Waals surface area (Å²) in [6.45, 7) is 9.58. The largest absolute Gasteiger partial charge is 0.0654 e. The lowest BCUT2D eigenvalue weighted by Crippen LogP contribution is -2.11. The molecule has 0 heterocycles. The lowest BCUT2D eigenvalue weighted by Gasteiger charge is -2.27. The van der Waals surface area contributed by atoms with Crippen LogP contribution >= 0.6 is 7.26 Å². The highest BCUT2D eigenvalue weighted by atomic mass is 31.2. The standard InChI is InChI=1S/C50H104P/c1-5-9-12-15-18-21-24-27-30-33-36-39-42-45-48-51(8-4,49-46-43-40-37-34-31-28-25-22-19-16-13-10-6-2)50-47-44-41-38-35-32-29-26-23-20-17-14-11-7-3/h5-50H2,1-4H3/q+1. The minimum absolute atomic E-state index is 0.731. The highest BCUT2D eigenvalue weighted by Gasteiger charge is 2.33. The number of unbranched alkanes of at least 4 members (excludes halogenated alkanes) is 39. The van der Waals surface area contributed by atoms with Gasteiger partial charge in [-0.05, 0) is 45.4 Å². The zero-order valence-electron chi connectivity index (χ0n) is 37.0. The molecular weight excluding hydrogens is 632 g/mol. The second-order valence-electron chi connectivity index (χ2n) is 17.6. The van der Waals surface area contributed by atoms with Crippen molar-refractivity contribution in [2.24, 2.45) is 0 Å². The van der Waals surface area contributed by atoms with Gasteiger partial charge in [-0.15, -0.1) is 0 Å². The molecule has 0 bridgehead atoms. The summed E-state index contributed by atoms with van der Waals surface area (Å²) in [5.41, 5.74) is 0. The quantitative estimate of drug-likeness (QED) is 0.0431. The predicted molar refractivity (Wildman–Crippen MR) is 243 cm³/mol. The van der Waals surface area contributed by atoms with E-state index in [9.17, 15) is 0 Å². The topological polar surface area (TPSA) is 0 Å². The van der Waals surface area contributed by atoms with E-state index in [1.807, 2.05) is 0 Å². The SMILES string of the molecule is CCCCCCCCCCCCCCCC[P+](CC)(CCCCCCCCCCCCCCCC)CCCCCCCCCCCCCCCC. The number of hydrogen-bond acceptors (Lipinski definition) is 0. The summed E-state index contributed by atoms with van der Waals surface area (Å²) in [4.78, 5) is 0. The van der Waals surface area contributed by atoms with Gasteiger partial charge in [0.15, 0.2) is 0 Å². The van der Waals surface area contributed by atoms with E-state index >= 15 is 0 Å². The smallest absolute Gasteiger partial charge is 0.0594 e. The second kappa shape index (κ2) is 44.8. The first-order valence-electron chi connectivity index (χ1n) is 25.1. The maximum absolute atomic E-state index is 2.60. The van der Waals surface area contributed by atoms with Gasteiger partial charge in [0.25, 0.3) is 0 Å². The van der Waals surface area contributed by atoms with Crippen LogP contribution in [0, 0.1) is 0 Å². The summed E-state index contributed by atoms with van der Waals surface area (Å²) in [7, 11) is -0.731. The Labute approximate surface area is 328 Å². The molecule has 1 heteroatoms. The molecular formula is C50H104P+. The Hall–Kier alpha value is 0.430. The summed E-state index contributed by atoms with van der Waals surface area (Å²) < 4.78 is 0. The van der Waals surface area contributed by atoms with Crippen molar-refractivity contribution in [1.82, 2.24) is 0 Å². The van der Waals surface area contributed by atoms with Crippen LogP contribution < -0.4 is 0 Å². The van der Waals surface area contributed by atoms with Crippen molar-refractivity contribution < 1.29 is 0 Å². The first kappa shape index (κ1) is 51.4. The molecule has 0 radical (unpaired) electrons. The molecule has 0 N–H and O–H groups in total. The zero-order valence-corrected chi connectivity index (χ0v) is 37.9. The molecule has 308 valence electrons. The number of hydrogen-bond donors (Lipinski definition) is 0. The lowest BCUT2D eigenvalue weighted by molar-refractivity contribution is 0.537. The van der Waals surface area contributed by atoms with E-state index in [1.54, 1.807) is 43.9 Å². The van der Waals surface area contributed by atoms with Crippen molar-refractivity contribution in [2.75, 3.05) is 24.6 Å². The molecule has 0 fully saturated rings. The van der Waals surface area contributed by atoms with Gasteiger partial charge in [0, 0.05) is 7.26 Å². The van der Waals surface area contributed by atoms with Gasteiger partial charge in [0.1, 0.15) is 0 Å². The first-order chi connectivity index (χ1) is 25.2. The molecule has 0 amide bonds. The van der Waals surface area contributed by atoms with Gasteiger partial charge in [-0.25, -0.2) is 0 Å². The van der Waals surface area contributed by atoms with Crippen LogP contribution in [-0.4, -0.2) is 24.6 Å². The molecule has 0 aromatic rings. The molecule has 0 aliphatic rings. The Morgan fingerprint density at radius 3 is 0.451 bits per heavy atom.